The smallest absolute Gasteiger partial charge is 0.316 e. The number of rotatable bonds is 6. The van der Waals surface area contributed by atoms with Gasteiger partial charge in [-0.05, 0) is 13.0 Å². The van der Waals surface area contributed by atoms with Crippen molar-refractivity contribution in [2.75, 3.05) is 32.3 Å². The Morgan fingerprint density at radius 1 is 1.28 bits per heavy atom. The fraction of sp³-hybridized carbons (Fsp3) is 0.417. The highest BCUT2D eigenvalue weighted by Crippen LogP contribution is 2.36. The summed E-state index contributed by atoms with van der Waals surface area (Å²) in [6, 6.07) is 3.42. The average Bonchev–Trinajstić information content (AvgIpc) is 2.37. The standard InChI is InChI=1S/C12H17NO4S/c1-4-17-12(14)7-18-11-6-10(16-3)9(15-2)5-8(11)13/h5-6H,4,7,13H2,1-3H3. The molecule has 2 N–H and O–H groups in total. The number of ether oxygens (including phenoxy) is 3. The Bertz CT molecular complexity index is 423. The normalized spacial score (nSPS) is 9.94. The number of methoxy groups -OCH3 is 2. The third-order valence-corrected chi connectivity index (χ3v) is 3.21. The summed E-state index contributed by atoms with van der Waals surface area (Å²) in [7, 11) is 3.09. The monoisotopic (exact) mass is 271 g/mol. The molecule has 0 aromatic heterocycles. The lowest BCUT2D eigenvalue weighted by molar-refractivity contribution is -0.139. The molecule has 0 aliphatic heterocycles. The van der Waals surface area contributed by atoms with Gasteiger partial charge in [-0.3, -0.25) is 4.79 Å². The van der Waals surface area contributed by atoms with Crippen molar-refractivity contribution in [1.82, 2.24) is 0 Å². The molecule has 0 atom stereocenters. The quantitative estimate of drug-likeness (QED) is 0.484. The summed E-state index contributed by atoms with van der Waals surface area (Å²) in [5.41, 5.74) is 6.42. The van der Waals surface area contributed by atoms with Crippen LogP contribution in [0.25, 0.3) is 0 Å². The minimum absolute atomic E-state index is 0.216. The zero-order valence-corrected chi connectivity index (χ0v) is 11.5. The van der Waals surface area contributed by atoms with Gasteiger partial charge in [0.15, 0.2) is 11.5 Å². The number of hydrogen-bond acceptors (Lipinski definition) is 6. The molecule has 18 heavy (non-hydrogen) atoms. The summed E-state index contributed by atoms with van der Waals surface area (Å²) in [6.45, 7) is 2.15. The van der Waals surface area contributed by atoms with Crippen molar-refractivity contribution in [3.63, 3.8) is 0 Å². The molecule has 0 saturated carbocycles. The molecule has 0 aliphatic rings. The number of carbonyl (C=O) groups excluding carboxylic acids is 1. The van der Waals surface area contributed by atoms with Crippen LogP contribution in [0.3, 0.4) is 0 Å². The first kappa shape index (κ1) is 14.5. The second-order valence-corrected chi connectivity index (χ2v) is 4.36. The van der Waals surface area contributed by atoms with Crippen LogP contribution in [0.2, 0.25) is 0 Å². The molecule has 0 amide bonds. The number of esters is 1. The van der Waals surface area contributed by atoms with Crippen molar-refractivity contribution in [2.24, 2.45) is 0 Å². The molecule has 0 bridgehead atoms. The third kappa shape index (κ3) is 3.73. The first-order valence-corrected chi connectivity index (χ1v) is 6.40. The van der Waals surface area contributed by atoms with E-state index in [9.17, 15) is 4.79 Å². The van der Waals surface area contributed by atoms with Crippen molar-refractivity contribution in [3.05, 3.63) is 12.1 Å². The first-order valence-electron chi connectivity index (χ1n) is 5.42. The lowest BCUT2D eigenvalue weighted by atomic mass is 10.3. The van der Waals surface area contributed by atoms with E-state index in [4.69, 9.17) is 19.9 Å². The molecule has 1 aromatic rings. The summed E-state index contributed by atoms with van der Waals surface area (Å²) in [5, 5.41) is 0. The molecule has 0 unspecified atom stereocenters. The van der Waals surface area contributed by atoms with Crippen LogP contribution in [0.15, 0.2) is 17.0 Å². The zero-order valence-electron chi connectivity index (χ0n) is 10.7. The topological polar surface area (TPSA) is 70.8 Å². The van der Waals surface area contributed by atoms with Crippen LogP contribution in [0.1, 0.15) is 6.92 Å². The van der Waals surface area contributed by atoms with Gasteiger partial charge < -0.3 is 19.9 Å². The number of anilines is 1. The Balaban J connectivity index is 2.79. The largest absolute Gasteiger partial charge is 0.493 e. The van der Waals surface area contributed by atoms with Crippen LogP contribution < -0.4 is 15.2 Å². The number of hydrogen-bond donors (Lipinski definition) is 1. The fourth-order valence-corrected chi connectivity index (χ4v) is 2.11. The summed E-state index contributed by atoms with van der Waals surface area (Å²) >= 11 is 1.31. The average molecular weight is 271 g/mol. The minimum atomic E-state index is -0.267. The Kier molecular flexibility index (Phi) is 5.64. The Labute approximate surface area is 111 Å². The molecule has 100 valence electrons. The van der Waals surface area contributed by atoms with Gasteiger partial charge in [-0.15, -0.1) is 11.8 Å². The van der Waals surface area contributed by atoms with Crippen molar-refractivity contribution in [3.8, 4) is 11.5 Å². The van der Waals surface area contributed by atoms with E-state index < -0.39 is 0 Å². The summed E-state index contributed by atoms with van der Waals surface area (Å²) < 4.78 is 15.2. The van der Waals surface area contributed by atoms with Gasteiger partial charge in [0.1, 0.15) is 0 Å². The van der Waals surface area contributed by atoms with E-state index in [1.54, 1.807) is 33.3 Å². The molecule has 0 fully saturated rings. The molecule has 6 heteroatoms. The Morgan fingerprint density at radius 2 is 1.89 bits per heavy atom. The van der Waals surface area contributed by atoms with E-state index in [0.29, 0.717) is 23.8 Å². The molecular weight excluding hydrogens is 254 g/mol. The van der Waals surface area contributed by atoms with Crippen LogP contribution >= 0.6 is 11.8 Å². The number of nitrogen functional groups attached to an aromatic ring is 1. The molecule has 0 radical (unpaired) electrons. The summed E-state index contributed by atoms with van der Waals surface area (Å²) in [4.78, 5) is 12.0. The highest BCUT2D eigenvalue weighted by molar-refractivity contribution is 8.00. The van der Waals surface area contributed by atoms with Gasteiger partial charge in [0.25, 0.3) is 0 Å². The maximum absolute atomic E-state index is 11.3. The van der Waals surface area contributed by atoms with Crippen LogP contribution in [-0.4, -0.2) is 32.5 Å². The first-order chi connectivity index (χ1) is 8.62. The molecule has 1 rings (SSSR count). The van der Waals surface area contributed by atoms with Gasteiger partial charge in [-0.2, -0.15) is 0 Å². The second kappa shape index (κ2) is 7.00. The summed E-state index contributed by atoms with van der Waals surface area (Å²) in [5.74, 6) is 1.10. The van der Waals surface area contributed by atoms with Crippen LogP contribution in [0, 0.1) is 0 Å². The SMILES string of the molecule is CCOC(=O)CSc1cc(OC)c(OC)cc1N. The van der Waals surface area contributed by atoms with E-state index in [-0.39, 0.29) is 11.7 Å². The van der Waals surface area contributed by atoms with Crippen LogP contribution in [0.4, 0.5) is 5.69 Å². The number of nitrogens with two attached hydrogens (primary N) is 1. The minimum Gasteiger partial charge on any atom is -0.493 e. The third-order valence-electron chi connectivity index (χ3n) is 2.17. The van der Waals surface area contributed by atoms with Crippen molar-refractivity contribution >= 4 is 23.4 Å². The zero-order chi connectivity index (χ0) is 13.5. The lowest BCUT2D eigenvalue weighted by Crippen LogP contribution is -2.06. The number of thioether (sulfide) groups is 1. The molecule has 0 heterocycles. The van der Waals surface area contributed by atoms with E-state index in [1.165, 1.54) is 11.8 Å². The second-order valence-electron chi connectivity index (χ2n) is 3.34. The van der Waals surface area contributed by atoms with E-state index in [2.05, 4.69) is 0 Å². The Morgan fingerprint density at radius 3 is 2.44 bits per heavy atom. The van der Waals surface area contributed by atoms with Gasteiger partial charge >= 0.3 is 5.97 Å². The Hall–Kier alpha value is -1.56. The van der Waals surface area contributed by atoms with Crippen LogP contribution in [-0.2, 0) is 9.53 Å². The van der Waals surface area contributed by atoms with Crippen molar-refractivity contribution in [1.29, 1.82) is 0 Å². The predicted molar refractivity (Wildman–Crippen MR) is 71.3 cm³/mol. The highest BCUT2D eigenvalue weighted by atomic mass is 32.2. The van der Waals surface area contributed by atoms with Crippen molar-refractivity contribution < 1.29 is 19.0 Å². The number of benzene rings is 1. The molecular formula is C12H17NO4S. The predicted octanol–water partition coefficient (Wildman–Crippen LogP) is 1.94. The van der Waals surface area contributed by atoms with E-state index in [0.717, 1.165) is 4.90 Å². The number of carbonyl (C=O) groups is 1. The summed E-state index contributed by atoms with van der Waals surface area (Å²) in [6.07, 6.45) is 0. The van der Waals surface area contributed by atoms with E-state index >= 15 is 0 Å². The lowest BCUT2D eigenvalue weighted by Gasteiger charge is -2.11. The van der Waals surface area contributed by atoms with Gasteiger partial charge in [0.2, 0.25) is 0 Å². The van der Waals surface area contributed by atoms with Gasteiger partial charge in [0, 0.05) is 16.6 Å². The molecule has 0 saturated heterocycles. The van der Waals surface area contributed by atoms with Gasteiger partial charge in [-0.1, -0.05) is 0 Å². The molecule has 0 aliphatic carbocycles. The molecule has 5 nitrogen and oxygen atoms in total. The molecule has 0 spiro atoms. The van der Waals surface area contributed by atoms with Crippen molar-refractivity contribution in [2.45, 2.75) is 11.8 Å². The highest BCUT2D eigenvalue weighted by Gasteiger charge is 2.11. The van der Waals surface area contributed by atoms with Crippen LogP contribution in [0.5, 0.6) is 11.5 Å². The fourth-order valence-electron chi connectivity index (χ4n) is 1.34. The van der Waals surface area contributed by atoms with Gasteiger partial charge in [-0.25, -0.2) is 0 Å². The van der Waals surface area contributed by atoms with Gasteiger partial charge in [0.05, 0.1) is 26.6 Å². The van der Waals surface area contributed by atoms with E-state index in [1.807, 2.05) is 0 Å². The molecule has 1 aromatic carbocycles. The maximum atomic E-state index is 11.3. The maximum Gasteiger partial charge on any atom is 0.316 e.